The molecule has 158 valence electrons. The first-order valence-corrected chi connectivity index (χ1v) is 11.2. The van der Waals surface area contributed by atoms with Gasteiger partial charge in [-0.3, -0.25) is 9.78 Å². The summed E-state index contributed by atoms with van der Waals surface area (Å²) in [4.78, 5) is 16.9. The van der Waals surface area contributed by atoms with Crippen LogP contribution in [-0.2, 0) is 12.8 Å². The summed E-state index contributed by atoms with van der Waals surface area (Å²) in [7, 11) is 1.69. The van der Waals surface area contributed by atoms with Crippen molar-refractivity contribution in [2.45, 2.75) is 46.1 Å². The summed E-state index contributed by atoms with van der Waals surface area (Å²) in [5.74, 6) is 0.783. The molecule has 30 heavy (non-hydrogen) atoms. The van der Waals surface area contributed by atoms with Gasteiger partial charge in [0.05, 0.1) is 12.0 Å². The Morgan fingerprint density at radius 2 is 2.03 bits per heavy atom. The van der Waals surface area contributed by atoms with Gasteiger partial charge in [0.15, 0.2) is 0 Å². The molecular weight excluding hydrogens is 396 g/mol. The molecule has 0 unspecified atom stereocenters. The topological polar surface area (TPSA) is 65.6 Å². The third kappa shape index (κ3) is 3.84. The van der Waals surface area contributed by atoms with Crippen LogP contribution >= 0.6 is 11.3 Å². The molecule has 1 aromatic heterocycles. The van der Waals surface area contributed by atoms with Gasteiger partial charge in [-0.1, -0.05) is 17.4 Å². The molecule has 1 aliphatic heterocycles. The van der Waals surface area contributed by atoms with E-state index < -0.39 is 0 Å². The van der Waals surface area contributed by atoms with Crippen molar-refractivity contribution in [1.29, 1.82) is 0 Å². The summed E-state index contributed by atoms with van der Waals surface area (Å²) < 4.78 is 5.68. The first-order chi connectivity index (χ1) is 14.4. The normalized spacial score (nSPS) is 13.6. The van der Waals surface area contributed by atoms with E-state index in [2.05, 4.69) is 48.9 Å². The molecule has 0 atom stereocenters. The van der Waals surface area contributed by atoms with Crippen molar-refractivity contribution in [2.24, 2.45) is 0 Å². The second-order valence-electron chi connectivity index (χ2n) is 8.18. The number of aromatic amines is 1. The number of hydrogen-bond acceptors (Lipinski definition) is 5. The zero-order valence-electron chi connectivity index (χ0n) is 17.9. The molecule has 1 aliphatic rings. The lowest BCUT2D eigenvalue weighted by atomic mass is 9.90. The average Bonchev–Trinajstić information content (AvgIpc) is 3.03. The molecule has 0 bridgehead atoms. The number of nitrogens with one attached hydrogen (secondary N) is 1. The van der Waals surface area contributed by atoms with Crippen molar-refractivity contribution in [2.75, 3.05) is 18.6 Å². The van der Waals surface area contributed by atoms with E-state index in [1.54, 1.807) is 7.11 Å². The Labute approximate surface area is 181 Å². The minimum atomic E-state index is -0.239. The Bertz CT molecular complexity index is 1130. The molecule has 0 fully saturated rings. The molecule has 0 amide bonds. The van der Waals surface area contributed by atoms with Gasteiger partial charge >= 0.3 is 4.87 Å². The van der Waals surface area contributed by atoms with Crippen LogP contribution < -0.4 is 14.5 Å². The number of hydrogen-bond donors (Lipinski definition) is 2. The van der Waals surface area contributed by atoms with E-state index in [9.17, 15) is 9.90 Å². The van der Waals surface area contributed by atoms with Crippen LogP contribution in [0.25, 0.3) is 11.1 Å². The Kier molecular flexibility index (Phi) is 5.60. The minimum absolute atomic E-state index is 0.0406. The lowest BCUT2D eigenvalue weighted by molar-refractivity contribution is 0.416. The number of rotatable bonds is 5. The summed E-state index contributed by atoms with van der Waals surface area (Å²) in [5, 5.41) is 9.95. The zero-order chi connectivity index (χ0) is 21.4. The summed E-state index contributed by atoms with van der Waals surface area (Å²) in [5.41, 5.74) is 7.17. The fourth-order valence-corrected chi connectivity index (χ4v) is 5.08. The van der Waals surface area contributed by atoms with E-state index in [4.69, 9.17) is 4.74 Å². The molecule has 0 saturated heterocycles. The molecule has 2 heterocycles. The molecule has 0 radical (unpaired) electrons. The molecule has 0 saturated carbocycles. The van der Waals surface area contributed by atoms with Crippen molar-refractivity contribution < 1.29 is 9.84 Å². The third-order valence-electron chi connectivity index (χ3n) is 5.82. The van der Waals surface area contributed by atoms with Crippen molar-refractivity contribution in [3.63, 3.8) is 0 Å². The van der Waals surface area contributed by atoms with Crippen LogP contribution in [0.3, 0.4) is 0 Å². The van der Waals surface area contributed by atoms with Crippen molar-refractivity contribution in [1.82, 2.24) is 4.98 Å². The summed E-state index contributed by atoms with van der Waals surface area (Å²) in [6.45, 7) is 7.75. The van der Waals surface area contributed by atoms with E-state index in [1.165, 1.54) is 22.4 Å². The Hall–Kier alpha value is -2.73. The number of aromatic nitrogens is 1. The van der Waals surface area contributed by atoms with Crippen LogP contribution in [0, 0.1) is 6.92 Å². The standard InChI is InChI=1S/C24H28N2O3S/c1-14(2)26-9-5-6-17-13-18(15(3)10-20(17)26)19-11-16(7-8-21(19)29-4)12-22-23(27)25-24(28)30-22/h7-8,10-11,13-14,27H,5-6,9,12H2,1-4H3,(H,25,28). The maximum Gasteiger partial charge on any atom is 0.307 e. The number of aryl methyl sites for hydroxylation is 2. The molecule has 6 heteroatoms. The van der Waals surface area contributed by atoms with Gasteiger partial charge in [-0.15, -0.1) is 0 Å². The fourth-order valence-electron chi connectivity index (χ4n) is 4.32. The first-order valence-electron chi connectivity index (χ1n) is 10.4. The molecule has 5 nitrogen and oxygen atoms in total. The molecular formula is C24H28N2O3S. The lowest BCUT2D eigenvalue weighted by Crippen LogP contribution is -2.35. The van der Waals surface area contributed by atoms with Gasteiger partial charge in [-0.2, -0.15) is 0 Å². The maximum absolute atomic E-state index is 11.5. The highest BCUT2D eigenvalue weighted by molar-refractivity contribution is 7.09. The highest BCUT2D eigenvalue weighted by Gasteiger charge is 2.22. The molecule has 0 aliphatic carbocycles. The highest BCUT2D eigenvalue weighted by atomic mass is 32.1. The first kappa shape index (κ1) is 20.5. The van der Waals surface area contributed by atoms with Gasteiger partial charge in [-0.05, 0) is 80.1 Å². The number of methoxy groups -OCH3 is 1. The van der Waals surface area contributed by atoms with E-state index in [1.807, 2.05) is 12.1 Å². The van der Waals surface area contributed by atoms with E-state index in [0.717, 1.165) is 47.6 Å². The van der Waals surface area contributed by atoms with Gasteiger partial charge in [0.25, 0.3) is 0 Å². The second kappa shape index (κ2) is 8.19. The Morgan fingerprint density at radius 3 is 2.70 bits per heavy atom. The zero-order valence-corrected chi connectivity index (χ0v) is 18.7. The molecule has 2 aromatic carbocycles. The van der Waals surface area contributed by atoms with Crippen LogP contribution in [0.5, 0.6) is 11.6 Å². The predicted molar refractivity (Wildman–Crippen MR) is 123 cm³/mol. The number of aromatic hydroxyl groups is 1. The summed E-state index contributed by atoms with van der Waals surface area (Å²) in [6, 6.07) is 11.2. The Morgan fingerprint density at radius 1 is 1.23 bits per heavy atom. The monoisotopic (exact) mass is 424 g/mol. The summed E-state index contributed by atoms with van der Waals surface area (Å²) in [6.07, 6.45) is 2.74. The molecule has 4 rings (SSSR count). The van der Waals surface area contributed by atoms with E-state index in [0.29, 0.717) is 17.3 Å². The number of anilines is 1. The molecule has 3 aromatic rings. The fraction of sp³-hybridized carbons (Fsp3) is 0.375. The van der Waals surface area contributed by atoms with Crippen LogP contribution in [0.2, 0.25) is 0 Å². The number of nitrogens with zero attached hydrogens (tertiary/aromatic N) is 1. The maximum atomic E-state index is 11.5. The van der Waals surface area contributed by atoms with Crippen LogP contribution in [-0.4, -0.2) is 29.8 Å². The number of benzene rings is 2. The van der Waals surface area contributed by atoms with Crippen LogP contribution in [0.4, 0.5) is 5.69 Å². The highest BCUT2D eigenvalue weighted by Crippen LogP contribution is 2.39. The number of H-pyrrole nitrogens is 1. The third-order valence-corrected chi connectivity index (χ3v) is 6.69. The van der Waals surface area contributed by atoms with E-state index >= 15 is 0 Å². The Balaban J connectivity index is 1.77. The minimum Gasteiger partial charge on any atom is -0.496 e. The molecule has 2 N–H and O–H groups in total. The smallest absolute Gasteiger partial charge is 0.307 e. The quantitative estimate of drug-likeness (QED) is 0.613. The van der Waals surface area contributed by atoms with Crippen molar-refractivity contribution >= 4 is 17.0 Å². The van der Waals surface area contributed by atoms with Gasteiger partial charge in [0.1, 0.15) is 5.75 Å². The van der Waals surface area contributed by atoms with Crippen molar-refractivity contribution in [3.8, 4) is 22.8 Å². The second-order valence-corrected chi connectivity index (χ2v) is 9.25. The summed E-state index contributed by atoms with van der Waals surface area (Å²) >= 11 is 1.05. The lowest BCUT2D eigenvalue weighted by Gasteiger charge is -2.35. The molecule has 0 spiro atoms. The van der Waals surface area contributed by atoms with Crippen molar-refractivity contribution in [3.05, 3.63) is 61.6 Å². The SMILES string of the molecule is COc1ccc(Cc2sc(=O)[nH]c2O)cc1-c1cc2c(cc1C)N(C(C)C)CCC2. The van der Waals surface area contributed by atoms with E-state index in [-0.39, 0.29) is 10.8 Å². The number of ether oxygens (including phenoxy) is 1. The number of fused-ring (bicyclic) bond motifs is 1. The van der Waals surface area contributed by atoms with Gasteiger partial charge in [0.2, 0.25) is 5.88 Å². The largest absolute Gasteiger partial charge is 0.496 e. The number of thiazole rings is 1. The predicted octanol–water partition coefficient (Wildman–Crippen LogP) is 4.88. The van der Waals surface area contributed by atoms with Crippen LogP contribution in [0.1, 0.15) is 41.8 Å². The van der Waals surface area contributed by atoms with Crippen LogP contribution in [0.15, 0.2) is 35.1 Å². The average molecular weight is 425 g/mol. The van der Waals surface area contributed by atoms with Gasteiger partial charge in [-0.25, -0.2) is 0 Å². The van der Waals surface area contributed by atoms with Gasteiger partial charge < -0.3 is 14.7 Å². The van der Waals surface area contributed by atoms with Gasteiger partial charge in [0, 0.05) is 30.3 Å².